The van der Waals surface area contributed by atoms with Crippen LogP contribution < -0.4 is 10.2 Å². The smallest absolute Gasteiger partial charge is 0.274 e. The maximum atomic E-state index is 10.8. The lowest BCUT2D eigenvalue weighted by Gasteiger charge is -2.37. The second kappa shape index (κ2) is 4.09. The number of nitro benzene ring substituents is 1. The number of rotatable bonds is 3. The lowest BCUT2D eigenvalue weighted by Crippen LogP contribution is -2.56. The molecule has 1 aliphatic heterocycles. The molecule has 0 unspecified atom stereocenters. The lowest BCUT2D eigenvalue weighted by atomic mass is 10.1. The molecule has 1 aliphatic rings. The first-order valence-electron chi connectivity index (χ1n) is 5.28. The third kappa shape index (κ3) is 1.86. The van der Waals surface area contributed by atoms with Crippen molar-refractivity contribution in [2.75, 3.05) is 25.0 Å². The summed E-state index contributed by atoms with van der Waals surface area (Å²) in [5.41, 5.74) is 1.80. The number of anilines is 1. The zero-order valence-corrected chi connectivity index (χ0v) is 9.43. The molecule has 1 saturated heterocycles. The molecule has 16 heavy (non-hydrogen) atoms. The zero-order chi connectivity index (χ0) is 11.7. The fraction of sp³-hybridized carbons (Fsp3) is 0.455. The number of nitrogens with zero attached hydrogens (tertiary/aromatic N) is 2. The van der Waals surface area contributed by atoms with Gasteiger partial charge in [0.25, 0.3) is 5.69 Å². The summed E-state index contributed by atoms with van der Waals surface area (Å²) >= 11 is 0. The van der Waals surface area contributed by atoms with Crippen LogP contribution in [0.1, 0.15) is 5.56 Å². The molecule has 1 fully saturated rings. The fourth-order valence-electron chi connectivity index (χ4n) is 1.77. The summed E-state index contributed by atoms with van der Waals surface area (Å²) in [5.74, 6) is 0. The molecular weight excluding hydrogens is 206 g/mol. The van der Waals surface area contributed by atoms with Gasteiger partial charge in [-0.3, -0.25) is 10.1 Å². The number of benzene rings is 1. The molecule has 0 radical (unpaired) electrons. The molecule has 0 atom stereocenters. The van der Waals surface area contributed by atoms with Crippen molar-refractivity contribution >= 4 is 11.4 Å². The van der Waals surface area contributed by atoms with Crippen LogP contribution in [0.25, 0.3) is 0 Å². The van der Waals surface area contributed by atoms with Crippen molar-refractivity contribution < 1.29 is 4.92 Å². The van der Waals surface area contributed by atoms with Crippen LogP contribution in [0.5, 0.6) is 0 Å². The highest BCUT2D eigenvalue weighted by Gasteiger charge is 2.23. The Labute approximate surface area is 94.2 Å². The van der Waals surface area contributed by atoms with Gasteiger partial charge in [-0.05, 0) is 13.0 Å². The fourth-order valence-corrected chi connectivity index (χ4v) is 1.77. The van der Waals surface area contributed by atoms with E-state index in [1.807, 2.05) is 13.1 Å². The Balaban J connectivity index is 2.27. The third-order valence-electron chi connectivity index (χ3n) is 3.10. The molecule has 0 saturated carbocycles. The van der Waals surface area contributed by atoms with Crippen molar-refractivity contribution in [3.8, 4) is 0 Å². The van der Waals surface area contributed by atoms with Crippen LogP contribution in [-0.2, 0) is 0 Å². The Morgan fingerprint density at radius 3 is 2.69 bits per heavy atom. The minimum absolute atomic E-state index is 0.191. The SMILES string of the molecule is Cc1ccc(N(C)C2CNC2)cc1[N+](=O)[O-]. The standard InChI is InChI=1S/C11H15N3O2/c1-8-3-4-9(5-11(8)14(15)16)13(2)10-6-12-7-10/h3-5,10,12H,6-7H2,1-2H3. The molecule has 1 aromatic rings. The van der Waals surface area contributed by atoms with E-state index >= 15 is 0 Å². The monoisotopic (exact) mass is 221 g/mol. The first-order chi connectivity index (χ1) is 7.59. The van der Waals surface area contributed by atoms with Crippen LogP contribution in [0, 0.1) is 17.0 Å². The van der Waals surface area contributed by atoms with Gasteiger partial charge in [-0.25, -0.2) is 0 Å². The number of hydrogen-bond acceptors (Lipinski definition) is 4. The van der Waals surface area contributed by atoms with Gasteiger partial charge in [-0.2, -0.15) is 0 Å². The van der Waals surface area contributed by atoms with Crippen LogP contribution in [0.3, 0.4) is 0 Å². The molecule has 5 heteroatoms. The van der Waals surface area contributed by atoms with E-state index in [1.165, 1.54) is 0 Å². The second-order valence-corrected chi connectivity index (χ2v) is 4.15. The van der Waals surface area contributed by atoms with E-state index in [-0.39, 0.29) is 10.6 Å². The van der Waals surface area contributed by atoms with E-state index in [0.717, 1.165) is 18.8 Å². The number of hydrogen-bond donors (Lipinski definition) is 1. The van der Waals surface area contributed by atoms with Crippen LogP contribution in [0.4, 0.5) is 11.4 Å². The van der Waals surface area contributed by atoms with Gasteiger partial charge in [0.15, 0.2) is 0 Å². The predicted octanol–water partition coefficient (Wildman–Crippen LogP) is 1.31. The van der Waals surface area contributed by atoms with Crippen molar-refractivity contribution in [2.24, 2.45) is 0 Å². The minimum atomic E-state index is -0.328. The predicted molar refractivity (Wildman–Crippen MR) is 62.9 cm³/mol. The topological polar surface area (TPSA) is 58.4 Å². The summed E-state index contributed by atoms with van der Waals surface area (Å²) in [7, 11) is 1.97. The van der Waals surface area contributed by atoms with Gasteiger partial charge in [0.1, 0.15) is 0 Å². The average Bonchev–Trinajstić information content (AvgIpc) is 2.15. The Morgan fingerprint density at radius 1 is 1.50 bits per heavy atom. The number of likely N-dealkylation sites (N-methyl/N-ethyl adjacent to an activating group) is 1. The largest absolute Gasteiger partial charge is 0.369 e. The molecule has 0 aromatic heterocycles. The maximum absolute atomic E-state index is 10.8. The third-order valence-corrected chi connectivity index (χ3v) is 3.10. The summed E-state index contributed by atoms with van der Waals surface area (Å²) in [4.78, 5) is 12.6. The molecule has 1 N–H and O–H groups in total. The van der Waals surface area contributed by atoms with E-state index in [9.17, 15) is 10.1 Å². The first kappa shape index (κ1) is 10.9. The van der Waals surface area contributed by atoms with Gasteiger partial charge in [0, 0.05) is 37.5 Å². The maximum Gasteiger partial charge on any atom is 0.274 e. The second-order valence-electron chi connectivity index (χ2n) is 4.15. The Bertz CT molecular complexity index is 416. The molecule has 1 heterocycles. The van der Waals surface area contributed by atoms with Crippen molar-refractivity contribution in [2.45, 2.75) is 13.0 Å². The molecule has 0 aliphatic carbocycles. The molecule has 0 amide bonds. The molecule has 1 aromatic carbocycles. The van der Waals surface area contributed by atoms with Gasteiger partial charge >= 0.3 is 0 Å². The van der Waals surface area contributed by atoms with Crippen LogP contribution in [0.15, 0.2) is 18.2 Å². The number of nitro groups is 1. The lowest BCUT2D eigenvalue weighted by molar-refractivity contribution is -0.385. The average molecular weight is 221 g/mol. The van der Waals surface area contributed by atoms with Gasteiger partial charge in [-0.15, -0.1) is 0 Å². The Hall–Kier alpha value is -1.62. The molecule has 86 valence electrons. The van der Waals surface area contributed by atoms with Crippen molar-refractivity contribution in [1.29, 1.82) is 0 Å². The quantitative estimate of drug-likeness (QED) is 0.617. The van der Waals surface area contributed by atoms with Crippen LogP contribution in [0.2, 0.25) is 0 Å². The van der Waals surface area contributed by atoms with Crippen molar-refractivity contribution in [3.05, 3.63) is 33.9 Å². The van der Waals surface area contributed by atoms with E-state index in [2.05, 4.69) is 10.2 Å². The van der Waals surface area contributed by atoms with Crippen LogP contribution in [-0.4, -0.2) is 31.1 Å². The first-order valence-corrected chi connectivity index (χ1v) is 5.28. The van der Waals surface area contributed by atoms with Crippen molar-refractivity contribution in [1.82, 2.24) is 5.32 Å². The number of aryl methyl sites for hydroxylation is 1. The van der Waals surface area contributed by atoms with Crippen molar-refractivity contribution in [3.63, 3.8) is 0 Å². The summed E-state index contributed by atoms with van der Waals surface area (Å²) in [5, 5.41) is 14.0. The van der Waals surface area contributed by atoms with E-state index in [1.54, 1.807) is 19.1 Å². The van der Waals surface area contributed by atoms with E-state index in [4.69, 9.17) is 0 Å². The highest BCUT2D eigenvalue weighted by molar-refractivity contribution is 5.57. The van der Waals surface area contributed by atoms with E-state index in [0.29, 0.717) is 11.6 Å². The number of nitrogens with one attached hydrogen (secondary N) is 1. The summed E-state index contributed by atoms with van der Waals surface area (Å²) in [6.45, 7) is 3.64. The van der Waals surface area contributed by atoms with Gasteiger partial charge in [-0.1, -0.05) is 6.07 Å². The Kier molecular flexibility index (Phi) is 2.78. The van der Waals surface area contributed by atoms with E-state index < -0.39 is 0 Å². The van der Waals surface area contributed by atoms with Gasteiger partial charge < -0.3 is 10.2 Å². The molecular formula is C11H15N3O2. The van der Waals surface area contributed by atoms with Gasteiger partial charge in [0.2, 0.25) is 0 Å². The van der Waals surface area contributed by atoms with Gasteiger partial charge in [0.05, 0.1) is 11.0 Å². The zero-order valence-electron chi connectivity index (χ0n) is 9.43. The summed E-state index contributed by atoms with van der Waals surface area (Å²) in [6, 6.07) is 5.83. The normalized spacial score (nSPS) is 15.6. The highest BCUT2D eigenvalue weighted by Crippen LogP contribution is 2.25. The molecule has 2 rings (SSSR count). The van der Waals surface area contributed by atoms with Crippen LogP contribution >= 0.6 is 0 Å². The molecule has 5 nitrogen and oxygen atoms in total. The molecule has 0 spiro atoms. The summed E-state index contributed by atoms with van der Waals surface area (Å²) in [6.07, 6.45) is 0. The highest BCUT2D eigenvalue weighted by atomic mass is 16.6. The summed E-state index contributed by atoms with van der Waals surface area (Å²) < 4.78 is 0. The minimum Gasteiger partial charge on any atom is -0.369 e. The Morgan fingerprint density at radius 2 is 2.19 bits per heavy atom. The molecule has 0 bridgehead atoms.